The molecule has 0 atom stereocenters. The number of aromatic nitrogens is 6. The molecule has 2 aliphatic rings. The number of para-hydroxylation sites is 1. The molecule has 1 fully saturated rings. The summed E-state index contributed by atoms with van der Waals surface area (Å²) in [7, 11) is 0. The fourth-order valence-corrected chi connectivity index (χ4v) is 3.50. The second-order valence-corrected chi connectivity index (χ2v) is 6.59. The third-order valence-corrected chi connectivity index (χ3v) is 4.74. The topological polar surface area (TPSA) is 102 Å². The molecular weight excluding hydrogens is 322 g/mol. The summed E-state index contributed by atoms with van der Waals surface area (Å²) in [5.41, 5.74) is 1.21. The molecule has 1 aromatic carbocycles. The first kappa shape index (κ1) is 14.1. The highest BCUT2D eigenvalue weighted by Crippen LogP contribution is 2.41. The van der Waals surface area contributed by atoms with Crippen LogP contribution in [0.25, 0.3) is 5.95 Å². The largest absolute Gasteiger partial charge is 0.493 e. The molecule has 0 radical (unpaired) electrons. The summed E-state index contributed by atoms with van der Waals surface area (Å²) in [5, 5.41) is 14.1. The van der Waals surface area contributed by atoms with Crippen LogP contribution in [0.4, 0.5) is 0 Å². The molecule has 5 rings (SSSR count). The summed E-state index contributed by atoms with van der Waals surface area (Å²) in [6, 6.07) is 8.07. The molecule has 0 saturated carbocycles. The highest BCUT2D eigenvalue weighted by Gasteiger charge is 2.48. The summed E-state index contributed by atoms with van der Waals surface area (Å²) >= 11 is 0. The van der Waals surface area contributed by atoms with Crippen molar-refractivity contribution in [1.82, 2.24) is 34.8 Å². The number of amides is 1. The maximum Gasteiger partial charge on any atom is 0.291 e. The predicted octanol–water partition coefficient (Wildman–Crippen LogP) is 0.463. The third kappa shape index (κ3) is 2.27. The molecule has 0 unspecified atom stereocenters. The minimum absolute atomic E-state index is 0.00112. The minimum Gasteiger partial charge on any atom is -0.493 e. The zero-order chi connectivity index (χ0) is 16.9. The lowest BCUT2D eigenvalue weighted by molar-refractivity contribution is -0.0296. The van der Waals surface area contributed by atoms with E-state index < -0.39 is 0 Å². The summed E-state index contributed by atoms with van der Waals surface area (Å²) in [6.07, 6.45) is 3.88. The Morgan fingerprint density at radius 2 is 2.00 bits per heavy atom. The third-order valence-electron chi connectivity index (χ3n) is 4.74. The first-order valence-electron chi connectivity index (χ1n) is 8.00. The number of nitrogens with zero attached hydrogens (tertiary/aromatic N) is 6. The van der Waals surface area contributed by atoms with Gasteiger partial charge in [-0.2, -0.15) is 4.98 Å². The standard InChI is InChI=1S/C16H15N7O2/c24-14(13-19-15(21-20-13)23-9-17-18-10-23)22-6-16(7-22)5-11-3-1-2-4-12(11)25-8-16/h1-4,9-10H,5-8H2,(H,19,20,21). The average molecular weight is 337 g/mol. The maximum atomic E-state index is 12.6. The molecule has 126 valence electrons. The van der Waals surface area contributed by atoms with Gasteiger partial charge in [0.15, 0.2) is 0 Å². The van der Waals surface area contributed by atoms with Crippen molar-refractivity contribution in [3.8, 4) is 11.7 Å². The number of hydrogen-bond donors (Lipinski definition) is 1. The van der Waals surface area contributed by atoms with Gasteiger partial charge in [0.1, 0.15) is 18.4 Å². The molecule has 1 N–H and O–H groups in total. The molecule has 0 aliphatic carbocycles. The SMILES string of the molecule is O=C(c1nc(-n2cnnc2)n[nH]1)N1CC2(COc3ccccc3C2)C1. The fourth-order valence-electron chi connectivity index (χ4n) is 3.50. The van der Waals surface area contributed by atoms with Crippen molar-refractivity contribution in [2.45, 2.75) is 6.42 Å². The van der Waals surface area contributed by atoms with Crippen LogP contribution in [-0.4, -0.2) is 60.4 Å². The number of fused-ring (bicyclic) bond motifs is 1. The second-order valence-electron chi connectivity index (χ2n) is 6.59. The van der Waals surface area contributed by atoms with Crippen molar-refractivity contribution in [2.75, 3.05) is 19.7 Å². The van der Waals surface area contributed by atoms with Gasteiger partial charge in [0.2, 0.25) is 5.82 Å². The lowest BCUT2D eigenvalue weighted by atomic mass is 9.74. The summed E-state index contributed by atoms with van der Waals surface area (Å²) in [6.45, 7) is 1.95. The van der Waals surface area contributed by atoms with Crippen LogP contribution < -0.4 is 4.74 Å². The fraction of sp³-hybridized carbons (Fsp3) is 0.312. The highest BCUT2D eigenvalue weighted by molar-refractivity contribution is 5.91. The average Bonchev–Trinajstić information content (AvgIpc) is 3.29. The Bertz CT molecular complexity index is 928. The van der Waals surface area contributed by atoms with Gasteiger partial charge in [0.25, 0.3) is 11.9 Å². The van der Waals surface area contributed by atoms with Crippen LogP contribution in [0.5, 0.6) is 5.75 Å². The van der Waals surface area contributed by atoms with Crippen molar-refractivity contribution in [3.63, 3.8) is 0 Å². The van der Waals surface area contributed by atoms with Crippen LogP contribution >= 0.6 is 0 Å². The van der Waals surface area contributed by atoms with E-state index in [0.29, 0.717) is 25.6 Å². The Labute approximate surface area is 142 Å². The lowest BCUT2D eigenvalue weighted by Crippen LogP contribution is -2.63. The van der Waals surface area contributed by atoms with E-state index in [0.717, 1.165) is 12.2 Å². The number of H-pyrrole nitrogens is 1. The van der Waals surface area contributed by atoms with Gasteiger partial charge in [-0.25, -0.2) is 0 Å². The molecule has 2 aliphatic heterocycles. The number of rotatable bonds is 2. The van der Waals surface area contributed by atoms with Gasteiger partial charge in [0, 0.05) is 18.5 Å². The van der Waals surface area contributed by atoms with Crippen LogP contribution in [-0.2, 0) is 6.42 Å². The minimum atomic E-state index is -0.156. The van der Waals surface area contributed by atoms with Gasteiger partial charge >= 0.3 is 0 Å². The van der Waals surface area contributed by atoms with E-state index in [9.17, 15) is 4.79 Å². The first-order chi connectivity index (χ1) is 12.2. The zero-order valence-electron chi connectivity index (χ0n) is 13.3. The number of carbonyl (C=O) groups excluding carboxylic acids is 1. The number of nitrogens with one attached hydrogen (secondary N) is 1. The van der Waals surface area contributed by atoms with E-state index in [2.05, 4.69) is 31.4 Å². The summed E-state index contributed by atoms with van der Waals surface area (Å²) in [4.78, 5) is 18.6. The van der Waals surface area contributed by atoms with Crippen molar-refractivity contribution < 1.29 is 9.53 Å². The quantitative estimate of drug-likeness (QED) is 0.729. The second kappa shape index (κ2) is 5.13. The Hall–Kier alpha value is -3.23. The van der Waals surface area contributed by atoms with E-state index in [-0.39, 0.29) is 17.1 Å². The van der Waals surface area contributed by atoms with Crippen molar-refractivity contribution in [2.24, 2.45) is 5.41 Å². The molecule has 9 heteroatoms. The highest BCUT2D eigenvalue weighted by atomic mass is 16.5. The normalized spacial score (nSPS) is 17.7. The first-order valence-corrected chi connectivity index (χ1v) is 8.00. The lowest BCUT2D eigenvalue weighted by Gasteiger charge is -2.51. The van der Waals surface area contributed by atoms with Crippen LogP contribution in [0.15, 0.2) is 36.9 Å². The van der Waals surface area contributed by atoms with Gasteiger partial charge in [0.05, 0.1) is 6.61 Å². The monoisotopic (exact) mass is 337 g/mol. The van der Waals surface area contributed by atoms with Gasteiger partial charge < -0.3 is 9.64 Å². The van der Waals surface area contributed by atoms with Crippen molar-refractivity contribution >= 4 is 5.91 Å². The molecule has 2 aromatic heterocycles. The molecule has 3 aromatic rings. The molecule has 1 amide bonds. The van der Waals surface area contributed by atoms with Crippen LogP contribution in [0.3, 0.4) is 0 Å². The van der Waals surface area contributed by atoms with Crippen LogP contribution in [0.2, 0.25) is 0 Å². The van der Waals surface area contributed by atoms with Gasteiger partial charge in [-0.3, -0.25) is 14.5 Å². The number of ether oxygens (including phenoxy) is 1. The maximum absolute atomic E-state index is 12.6. The molecule has 0 bridgehead atoms. The van der Waals surface area contributed by atoms with Gasteiger partial charge in [-0.1, -0.05) is 18.2 Å². The van der Waals surface area contributed by atoms with Gasteiger partial charge in [-0.15, -0.1) is 15.3 Å². The molecular formula is C16H15N7O2. The van der Waals surface area contributed by atoms with Crippen LogP contribution in [0.1, 0.15) is 16.2 Å². The molecule has 4 heterocycles. The number of likely N-dealkylation sites (tertiary alicyclic amines) is 1. The summed E-state index contributed by atoms with van der Waals surface area (Å²) in [5.74, 6) is 1.36. The van der Waals surface area contributed by atoms with E-state index in [4.69, 9.17) is 4.74 Å². The van der Waals surface area contributed by atoms with Gasteiger partial charge in [-0.05, 0) is 18.1 Å². The number of carbonyl (C=O) groups is 1. The smallest absolute Gasteiger partial charge is 0.291 e. The number of hydrogen-bond acceptors (Lipinski definition) is 6. The Kier molecular flexibility index (Phi) is 2.90. The molecule has 1 spiro atoms. The van der Waals surface area contributed by atoms with E-state index in [1.807, 2.05) is 18.2 Å². The Balaban J connectivity index is 1.29. The van der Waals surface area contributed by atoms with E-state index in [1.54, 1.807) is 4.90 Å². The van der Waals surface area contributed by atoms with Crippen LogP contribution in [0, 0.1) is 5.41 Å². The zero-order valence-corrected chi connectivity index (χ0v) is 13.3. The van der Waals surface area contributed by atoms with E-state index >= 15 is 0 Å². The summed E-state index contributed by atoms with van der Waals surface area (Å²) < 4.78 is 7.42. The Morgan fingerprint density at radius 3 is 2.84 bits per heavy atom. The van der Waals surface area contributed by atoms with E-state index in [1.165, 1.54) is 22.8 Å². The molecule has 1 saturated heterocycles. The Morgan fingerprint density at radius 1 is 1.20 bits per heavy atom. The predicted molar refractivity (Wildman–Crippen MR) is 85.3 cm³/mol. The number of aromatic amines is 1. The molecule has 25 heavy (non-hydrogen) atoms. The van der Waals surface area contributed by atoms with Crippen molar-refractivity contribution in [3.05, 3.63) is 48.3 Å². The number of benzene rings is 1. The molecule has 9 nitrogen and oxygen atoms in total. The van der Waals surface area contributed by atoms with Crippen molar-refractivity contribution in [1.29, 1.82) is 0 Å².